The Hall–Kier alpha value is -4.34. The van der Waals surface area contributed by atoms with E-state index >= 15 is 4.39 Å². The Morgan fingerprint density at radius 2 is 2.03 bits per heavy atom. The van der Waals surface area contributed by atoms with E-state index < -0.39 is 30.0 Å². The summed E-state index contributed by atoms with van der Waals surface area (Å²) in [5.74, 6) is -1.48. The topological polar surface area (TPSA) is 97.6 Å². The fourth-order valence-corrected chi connectivity index (χ4v) is 4.13. The summed E-state index contributed by atoms with van der Waals surface area (Å²) < 4.78 is 35.2. The Kier molecular flexibility index (Phi) is 6.09. The van der Waals surface area contributed by atoms with Crippen molar-refractivity contribution in [2.45, 2.75) is 18.7 Å². The van der Waals surface area contributed by atoms with E-state index in [0.29, 0.717) is 5.71 Å². The van der Waals surface area contributed by atoms with Crippen LogP contribution in [0.3, 0.4) is 0 Å². The number of benzene rings is 2. The van der Waals surface area contributed by atoms with Gasteiger partial charge in [0.2, 0.25) is 0 Å². The summed E-state index contributed by atoms with van der Waals surface area (Å²) in [6.45, 7) is 0.748. The Labute approximate surface area is 199 Å². The number of aliphatic imine (C=N–C) groups is 1. The number of aromatic nitrogens is 2. The lowest BCUT2D eigenvalue weighted by atomic mass is 9.99. The lowest BCUT2D eigenvalue weighted by Gasteiger charge is -2.23. The minimum atomic E-state index is -0.624. The Balaban J connectivity index is 1.42. The molecule has 178 valence electrons. The zero-order chi connectivity index (χ0) is 24.4. The maximum atomic E-state index is 15.0. The monoisotopic (exact) mass is 477 g/mol. The highest BCUT2D eigenvalue weighted by Gasteiger charge is 2.33. The zero-order valence-corrected chi connectivity index (χ0v) is 18.4. The van der Waals surface area contributed by atoms with Crippen molar-refractivity contribution < 1.29 is 23.1 Å². The number of cyclic esters (lactones) is 1. The molecule has 0 aliphatic carbocycles. The molecule has 0 bridgehead atoms. The highest BCUT2D eigenvalue weighted by atomic mass is 19.1. The third-order valence-electron chi connectivity index (χ3n) is 5.87. The van der Waals surface area contributed by atoms with Gasteiger partial charge < -0.3 is 15.4 Å². The van der Waals surface area contributed by atoms with Crippen LogP contribution in [0.5, 0.6) is 0 Å². The van der Waals surface area contributed by atoms with Crippen LogP contribution in [0.1, 0.15) is 21.5 Å². The molecular weight excluding hydrogens is 456 g/mol. The average molecular weight is 477 g/mol. The number of hydrogen-bond donors (Lipinski definition) is 2. The number of hydrogen-bond acceptors (Lipinski definition) is 5. The molecule has 1 fully saturated rings. The predicted octanol–water partition coefficient (Wildman–Crippen LogP) is 2.95. The van der Waals surface area contributed by atoms with E-state index in [9.17, 15) is 14.0 Å². The summed E-state index contributed by atoms with van der Waals surface area (Å²) >= 11 is 0. The van der Waals surface area contributed by atoms with Gasteiger partial charge >= 0.3 is 6.09 Å². The first-order valence-electron chi connectivity index (χ1n) is 11.0. The number of alkyl carbamates (subject to hydrolysis) is 1. The normalized spacial score (nSPS) is 17.9. The van der Waals surface area contributed by atoms with E-state index in [1.165, 1.54) is 30.3 Å². The molecule has 2 N–H and O–H groups in total. The number of allylic oxidation sites excluding steroid dienone is 1. The first-order valence-corrected chi connectivity index (χ1v) is 11.0. The van der Waals surface area contributed by atoms with E-state index in [1.54, 1.807) is 41.4 Å². The molecule has 5 rings (SSSR count). The molecule has 2 aliphatic heterocycles. The van der Waals surface area contributed by atoms with Crippen LogP contribution in [0, 0.1) is 11.6 Å². The highest BCUT2D eigenvalue weighted by molar-refractivity contribution is 6.19. The van der Waals surface area contributed by atoms with Crippen molar-refractivity contribution in [3.63, 3.8) is 0 Å². The van der Waals surface area contributed by atoms with Crippen LogP contribution in [0.25, 0.3) is 5.57 Å². The van der Waals surface area contributed by atoms with Crippen LogP contribution in [0.4, 0.5) is 13.6 Å². The van der Waals surface area contributed by atoms with Gasteiger partial charge in [0.05, 0.1) is 37.0 Å². The molecule has 0 spiro atoms. The van der Waals surface area contributed by atoms with Crippen molar-refractivity contribution in [3.05, 3.63) is 95.3 Å². The van der Waals surface area contributed by atoms with Crippen molar-refractivity contribution in [2.24, 2.45) is 4.99 Å². The summed E-state index contributed by atoms with van der Waals surface area (Å²) in [6.07, 6.45) is 3.84. The zero-order valence-electron chi connectivity index (χ0n) is 18.4. The Morgan fingerprint density at radius 1 is 1.20 bits per heavy atom. The third kappa shape index (κ3) is 4.81. The third-order valence-corrected chi connectivity index (χ3v) is 5.87. The van der Waals surface area contributed by atoms with Crippen LogP contribution < -0.4 is 10.6 Å². The Bertz CT molecular complexity index is 1320. The van der Waals surface area contributed by atoms with Crippen molar-refractivity contribution in [1.29, 1.82) is 0 Å². The van der Waals surface area contributed by atoms with E-state index in [1.807, 2.05) is 0 Å². The van der Waals surface area contributed by atoms with Gasteiger partial charge in [-0.2, -0.15) is 5.10 Å². The predicted molar refractivity (Wildman–Crippen MR) is 124 cm³/mol. The summed E-state index contributed by atoms with van der Waals surface area (Å²) in [4.78, 5) is 29.4. The molecular formula is C25H21F2N5O3. The maximum Gasteiger partial charge on any atom is 0.407 e. The summed E-state index contributed by atoms with van der Waals surface area (Å²) in [6, 6.07) is 11.3. The molecule has 35 heavy (non-hydrogen) atoms. The molecule has 2 amide bonds. The highest BCUT2D eigenvalue weighted by Crippen LogP contribution is 2.25. The standard InChI is InChI=1S/C25H21F2N5O3/c26-17-7-5-15(6-8-17)16-11-20(28-12-16)23-18(3-1-4-19(23)27)24(33)31-21(14-32-10-2-9-30-32)22-13-29-25(34)35-22/h1-11,21-22H,12-14H2,(H,29,34)(H,31,33)/t21-,22-/m1/s1. The van der Waals surface area contributed by atoms with Gasteiger partial charge in [-0.3, -0.25) is 14.5 Å². The molecule has 0 saturated carbocycles. The van der Waals surface area contributed by atoms with E-state index in [2.05, 4.69) is 20.7 Å². The number of halogens is 2. The summed E-state index contributed by atoms with van der Waals surface area (Å²) in [5, 5.41) is 9.61. The minimum absolute atomic E-state index is 0.0708. The largest absolute Gasteiger partial charge is 0.442 e. The molecule has 0 unspecified atom stereocenters. The second-order valence-corrected chi connectivity index (χ2v) is 8.17. The van der Waals surface area contributed by atoms with Gasteiger partial charge in [-0.25, -0.2) is 13.6 Å². The summed E-state index contributed by atoms with van der Waals surface area (Å²) in [7, 11) is 0. The number of ether oxygens (including phenoxy) is 1. The van der Waals surface area contributed by atoms with Crippen LogP contribution in [-0.2, 0) is 11.3 Å². The number of amides is 2. The minimum Gasteiger partial charge on any atom is -0.442 e. The fraction of sp³-hybridized carbons (Fsp3) is 0.200. The SMILES string of the molecule is O=C1NC[C@H]([C@@H](Cn2cccn2)NC(=O)c2cccc(F)c2C2=NCC(c3ccc(F)cc3)=C2)O1. The lowest BCUT2D eigenvalue weighted by molar-refractivity contribution is 0.0814. The molecule has 2 aromatic carbocycles. The lowest BCUT2D eigenvalue weighted by Crippen LogP contribution is -2.48. The Morgan fingerprint density at radius 3 is 2.74 bits per heavy atom. The second-order valence-electron chi connectivity index (χ2n) is 8.17. The smallest absolute Gasteiger partial charge is 0.407 e. The molecule has 2 aliphatic rings. The molecule has 0 radical (unpaired) electrons. The average Bonchev–Trinajstić information content (AvgIpc) is 3.61. The molecule has 2 atom stereocenters. The van der Waals surface area contributed by atoms with Gasteiger partial charge in [-0.1, -0.05) is 18.2 Å². The summed E-state index contributed by atoms with van der Waals surface area (Å²) in [5.41, 5.74) is 2.05. The number of nitrogens with one attached hydrogen (secondary N) is 2. The molecule has 1 saturated heterocycles. The van der Waals surface area contributed by atoms with Crippen LogP contribution in [0.2, 0.25) is 0 Å². The van der Waals surface area contributed by atoms with Crippen molar-refractivity contribution >= 4 is 23.3 Å². The first-order chi connectivity index (χ1) is 17.0. The second kappa shape index (κ2) is 9.49. The molecule has 10 heteroatoms. The number of nitrogens with zero attached hydrogens (tertiary/aromatic N) is 3. The van der Waals surface area contributed by atoms with Gasteiger partial charge in [0.25, 0.3) is 5.91 Å². The van der Waals surface area contributed by atoms with Gasteiger partial charge in [0.15, 0.2) is 0 Å². The van der Waals surface area contributed by atoms with Crippen molar-refractivity contribution in [2.75, 3.05) is 13.1 Å². The van der Waals surface area contributed by atoms with Gasteiger partial charge in [0.1, 0.15) is 17.7 Å². The van der Waals surface area contributed by atoms with Gasteiger partial charge in [-0.15, -0.1) is 0 Å². The van der Waals surface area contributed by atoms with Crippen molar-refractivity contribution in [1.82, 2.24) is 20.4 Å². The van der Waals surface area contributed by atoms with Gasteiger partial charge in [0, 0.05) is 18.0 Å². The molecule has 3 heterocycles. The maximum absolute atomic E-state index is 15.0. The van der Waals surface area contributed by atoms with Crippen LogP contribution >= 0.6 is 0 Å². The first kappa shape index (κ1) is 22.5. The number of carbonyl (C=O) groups excluding carboxylic acids is 2. The van der Waals surface area contributed by atoms with Crippen LogP contribution in [-0.4, -0.2) is 52.7 Å². The fourth-order valence-electron chi connectivity index (χ4n) is 4.13. The van der Waals surface area contributed by atoms with Gasteiger partial charge in [-0.05, 0) is 47.5 Å². The molecule has 3 aromatic rings. The van der Waals surface area contributed by atoms with Crippen molar-refractivity contribution in [3.8, 4) is 0 Å². The van der Waals surface area contributed by atoms with E-state index in [4.69, 9.17) is 4.74 Å². The van der Waals surface area contributed by atoms with E-state index in [-0.39, 0.29) is 36.6 Å². The molecule has 8 nitrogen and oxygen atoms in total. The quantitative estimate of drug-likeness (QED) is 0.547. The molecule has 1 aromatic heterocycles. The number of rotatable bonds is 7. The van der Waals surface area contributed by atoms with Crippen LogP contribution in [0.15, 0.2) is 72.0 Å². The van der Waals surface area contributed by atoms with E-state index in [0.717, 1.165) is 11.1 Å². The number of carbonyl (C=O) groups is 2.